The standard InChI is InChI=1S/C20H27N3O3S/c1-22(2)15-7-14-21-20(24)18-10-12-19(13-11-18)27(25,26)23(3)16-17-8-5-4-6-9-17/h4-6,8-13H,7,14-16H2,1-3H3,(H,21,24). The molecule has 0 unspecified atom stereocenters. The van der Waals surface area contributed by atoms with Gasteiger partial charge in [0, 0.05) is 25.7 Å². The van der Waals surface area contributed by atoms with Gasteiger partial charge in [-0.05, 0) is 56.9 Å². The molecular weight excluding hydrogens is 362 g/mol. The molecule has 6 nitrogen and oxygen atoms in total. The van der Waals surface area contributed by atoms with Crippen LogP contribution in [0.2, 0.25) is 0 Å². The maximum Gasteiger partial charge on any atom is 0.251 e. The van der Waals surface area contributed by atoms with Gasteiger partial charge in [0.05, 0.1) is 4.90 Å². The second kappa shape index (κ2) is 9.64. The highest BCUT2D eigenvalue weighted by Gasteiger charge is 2.21. The topological polar surface area (TPSA) is 69.7 Å². The lowest BCUT2D eigenvalue weighted by molar-refractivity contribution is 0.0952. The van der Waals surface area contributed by atoms with Crippen molar-refractivity contribution in [3.05, 3.63) is 65.7 Å². The zero-order chi connectivity index (χ0) is 19.9. The number of hydrogen-bond acceptors (Lipinski definition) is 4. The molecule has 146 valence electrons. The van der Waals surface area contributed by atoms with Gasteiger partial charge >= 0.3 is 0 Å². The van der Waals surface area contributed by atoms with Crippen LogP contribution in [-0.2, 0) is 16.6 Å². The fraction of sp³-hybridized carbons (Fsp3) is 0.350. The molecule has 0 aliphatic rings. The number of nitrogens with zero attached hydrogens (tertiary/aromatic N) is 2. The van der Waals surface area contributed by atoms with Crippen molar-refractivity contribution in [1.82, 2.24) is 14.5 Å². The van der Waals surface area contributed by atoms with Gasteiger partial charge in [0.25, 0.3) is 5.91 Å². The third-order valence-corrected chi connectivity index (χ3v) is 5.96. The summed E-state index contributed by atoms with van der Waals surface area (Å²) >= 11 is 0. The number of benzene rings is 2. The Bertz CT molecular complexity index is 835. The number of carbonyl (C=O) groups is 1. The minimum absolute atomic E-state index is 0.171. The summed E-state index contributed by atoms with van der Waals surface area (Å²) in [6, 6.07) is 15.5. The second-order valence-corrected chi connectivity index (χ2v) is 8.73. The maximum absolute atomic E-state index is 12.7. The minimum atomic E-state index is -3.61. The van der Waals surface area contributed by atoms with Crippen molar-refractivity contribution >= 4 is 15.9 Å². The van der Waals surface area contributed by atoms with Crippen LogP contribution < -0.4 is 5.32 Å². The number of rotatable bonds is 9. The summed E-state index contributed by atoms with van der Waals surface area (Å²) in [7, 11) is 1.90. The van der Waals surface area contributed by atoms with Gasteiger partial charge in [0.15, 0.2) is 0 Å². The number of nitrogens with one attached hydrogen (secondary N) is 1. The van der Waals surface area contributed by atoms with E-state index >= 15 is 0 Å². The molecule has 27 heavy (non-hydrogen) atoms. The predicted octanol–water partition coefficient (Wildman–Crippen LogP) is 2.19. The van der Waals surface area contributed by atoms with Crippen molar-refractivity contribution in [2.24, 2.45) is 0 Å². The van der Waals surface area contributed by atoms with E-state index < -0.39 is 10.0 Å². The molecule has 0 saturated heterocycles. The van der Waals surface area contributed by atoms with E-state index in [4.69, 9.17) is 0 Å². The summed E-state index contributed by atoms with van der Waals surface area (Å²) < 4.78 is 26.7. The first kappa shape index (κ1) is 21.1. The van der Waals surface area contributed by atoms with Gasteiger partial charge in [-0.25, -0.2) is 8.42 Å². The Morgan fingerprint density at radius 2 is 1.59 bits per heavy atom. The van der Waals surface area contributed by atoms with Crippen LogP contribution in [0.1, 0.15) is 22.3 Å². The first-order valence-corrected chi connectivity index (χ1v) is 10.3. The lowest BCUT2D eigenvalue weighted by atomic mass is 10.2. The van der Waals surface area contributed by atoms with E-state index in [1.165, 1.54) is 16.4 Å². The van der Waals surface area contributed by atoms with Crippen molar-refractivity contribution in [2.75, 3.05) is 34.2 Å². The highest BCUT2D eigenvalue weighted by atomic mass is 32.2. The normalized spacial score (nSPS) is 11.7. The summed E-state index contributed by atoms with van der Waals surface area (Å²) in [5.41, 5.74) is 1.36. The number of carbonyl (C=O) groups excluding carboxylic acids is 1. The van der Waals surface area contributed by atoms with Crippen molar-refractivity contribution in [3.63, 3.8) is 0 Å². The molecule has 0 heterocycles. The van der Waals surface area contributed by atoms with E-state index in [0.717, 1.165) is 18.5 Å². The molecule has 2 aromatic carbocycles. The predicted molar refractivity (Wildman–Crippen MR) is 107 cm³/mol. The Kier molecular flexibility index (Phi) is 7.53. The lowest BCUT2D eigenvalue weighted by Gasteiger charge is -2.17. The average Bonchev–Trinajstić information content (AvgIpc) is 2.65. The van der Waals surface area contributed by atoms with Crippen molar-refractivity contribution < 1.29 is 13.2 Å². The minimum Gasteiger partial charge on any atom is -0.352 e. The van der Waals surface area contributed by atoms with Crippen LogP contribution in [0.5, 0.6) is 0 Å². The zero-order valence-corrected chi connectivity index (χ0v) is 16.9. The monoisotopic (exact) mass is 389 g/mol. The molecule has 1 amide bonds. The Hall–Kier alpha value is -2.22. The van der Waals surface area contributed by atoms with Crippen molar-refractivity contribution in [2.45, 2.75) is 17.9 Å². The summed E-state index contributed by atoms with van der Waals surface area (Å²) in [5.74, 6) is -0.199. The van der Waals surface area contributed by atoms with Crippen molar-refractivity contribution in [1.29, 1.82) is 0 Å². The highest BCUT2D eigenvalue weighted by Crippen LogP contribution is 2.17. The average molecular weight is 390 g/mol. The van der Waals surface area contributed by atoms with Crippen molar-refractivity contribution in [3.8, 4) is 0 Å². The summed E-state index contributed by atoms with van der Waals surface area (Å²) in [4.78, 5) is 14.4. The van der Waals surface area contributed by atoms with Crippen LogP contribution in [0.25, 0.3) is 0 Å². The van der Waals surface area contributed by atoms with Crippen LogP contribution in [0.3, 0.4) is 0 Å². The SMILES string of the molecule is CN(C)CCCNC(=O)c1ccc(S(=O)(=O)N(C)Cc2ccccc2)cc1. The molecule has 0 saturated carbocycles. The van der Waals surface area contributed by atoms with Crippen LogP contribution in [0.15, 0.2) is 59.5 Å². The van der Waals surface area contributed by atoms with Gasteiger partial charge in [-0.2, -0.15) is 4.31 Å². The second-order valence-electron chi connectivity index (χ2n) is 6.68. The molecule has 0 atom stereocenters. The van der Waals surface area contributed by atoms with Crippen LogP contribution in [0, 0.1) is 0 Å². The van der Waals surface area contributed by atoms with Crippen LogP contribution >= 0.6 is 0 Å². The fourth-order valence-electron chi connectivity index (χ4n) is 2.58. The Morgan fingerprint density at radius 3 is 2.19 bits per heavy atom. The lowest BCUT2D eigenvalue weighted by Crippen LogP contribution is -2.28. The molecule has 0 aliphatic heterocycles. The van der Waals surface area contributed by atoms with Gasteiger partial charge < -0.3 is 10.2 Å². The summed E-state index contributed by atoms with van der Waals surface area (Å²) in [5, 5.41) is 2.84. The smallest absolute Gasteiger partial charge is 0.251 e. The molecule has 2 aromatic rings. The molecule has 2 rings (SSSR count). The zero-order valence-electron chi connectivity index (χ0n) is 16.1. The Morgan fingerprint density at radius 1 is 0.963 bits per heavy atom. The van der Waals surface area contributed by atoms with Gasteiger partial charge in [-0.1, -0.05) is 30.3 Å². The Labute approximate surface area is 161 Å². The quantitative estimate of drug-likeness (QED) is 0.668. The number of hydrogen-bond donors (Lipinski definition) is 1. The third kappa shape index (κ3) is 6.16. The van der Waals surface area contributed by atoms with Crippen LogP contribution in [0.4, 0.5) is 0 Å². The van der Waals surface area contributed by atoms with E-state index in [1.807, 2.05) is 44.4 Å². The van der Waals surface area contributed by atoms with Gasteiger partial charge in [-0.3, -0.25) is 4.79 Å². The fourth-order valence-corrected chi connectivity index (χ4v) is 3.74. The van der Waals surface area contributed by atoms with E-state index in [1.54, 1.807) is 19.2 Å². The molecule has 0 bridgehead atoms. The third-order valence-electron chi connectivity index (χ3n) is 4.14. The molecule has 0 radical (unpaired) electrons. The molecule has 0 aromatic heterocycles. The van der Waals surface area contributed by atoms with E-state index in [-0.39, 0.29) is 17.3 Å². The largest absolute Gasteiger partial charge is 0.352 e. The van der Waals surface area contributed by atoms with E-state index in [9.17, 15) is 13.2 Å². The molecule has 0 spiro atoms. The van der Waals surface area contributed by atoms with E-state index in [0.29, 0.717) is 12.1 Å². The van der Waals surface area contributed by atoms with Crippen LogP contribution in [-0.4, -0.2) is 57.8 Å². The van der Waals surface area contributed by atoms with E-state index in [2.05, 4.69) is 10.2 Å². The molecule has 0 aliphatic carbocycles. The maximum atomic E-state index is 12.7. The molecular formula is C20H27N3O3S. The Balaban J connectivity index is 1.99. The van der Waals surface area contributed by atoms with Gasteiger partial charge in [-0.15, -0.1) is 0 Å². The molecule has 0 fully saturated rings. The summed E-state index contributed by atoms with van der Waals surface area (Å²) in [6.07, 6.45) is 0.857. The van der Waals surface area contributed by atoms with Gasteiger partial charge in [0.1, 0.15) is 0 Å². The number of amides is 1. The summed E-state index contributed by atoms with van der Waals surface area (Å²) in [6.45, 7) is 1.76. The highest BCUT2D eigenvalue weighted by molar-refractivity contribution is 7.89. The van der Waals surface area contributed by atoms with Gasteiger partial charge in [0.2, 0.25) is 10.0 Å². The molecule has 1 N–H and O–H groups in total. The first-order chi connectivity index (χ1) is 12.8. The molecule has 7 heteroatoms. The number of sulfonamides is 1. The first-order valence-electron chi connectivity index (χ1n) is 8.84.